The Labute approximate surface area is 187 Å². The molecule has 3 rings (SSSR count). The molecule has 1 heterocycles. The Balaban J connectivity index is 1.49. The van der Waals surface area contributed by atoms with Gasteiger partial charge in [-0.05, 0) is 61.3 Å². The summed E-state index contributed by atoms with van der Waals surface area (Å²) in [4.78, 5) is 14.2. The maximum Gasteiger partial charge on any atom is 0.253 e. The van der Waals surface area contributed by atoms with Crippen LogP contribution in [0.2, 0.25) is 5.02 Å². The van der Waals surface area contributed by atoms with Crippen LogP contribution in [0.3, 0.4) is 0 Å². The molecule has 3 N–H and O–H groups in total. The Morgan fingerprint density at radius 1 is 1.19 bits per heavy atom. The first-order chi connectivity index (χ1) is 14.9. The number of piperidine rings is 1. The van der Waals surface area contributed by atoms with E-state index in [0.717, 1.165) is 12.0 Å². The molecule has 0 bridgehead atoms. The van der Waals surface area contributed by atoms with Crippen molar-refractivity contribution in [2.75, 3.05) is 40.4 Å². The number of benzene rings is 2. The van der Waals surface area contributed by atoms with Gasteiger partial charge in [0.05, 0.1) is 14.2 Å². The number of hydrogen-bond acceptors (Lipinski definition) is 6. The van der Waals surface area contributed by atoms with Crippen molar-refractivity contribution in [3.8, 4) is 11.5 Å². The zero-order valence-corrected chi connectivity index (χ0v) is 18.6. The average Bonchev–Trinajstić information content (AvgIpc) is 2.78. The van der Waals surface area contributed by atoms with Crippen LogP contribution in [0.4, 0.5) is 0 Å². The van der Waals surface area contributed by atoms with Gasteiger partial charge in [0.15, 0.2) is 11.5 Å². The first-order valence-electron chi connectivity index (χ1n) is 10.2. The highest BCUT2D eigenvalue weighted by Gasteiger charge is 2.41. The Hall–Kier alpha value is -2.32. The largest absolute Gasteiger partial charge is 0.493 e. The van der Waals surface area contributed by atoms with Gasteiger partial charge in [-0.2, -0.15) is 0 Å². The van der Waals surface area contributed by atoms with E-state index in [4.69, 9.17) is 21.1 Å². The summed E-state index contributed by atoms with van der Waals surface area (Å²) in [6.07, 6.45) is -0.0176. The topological polar surface area (TPSA) is 91.3 Å². The molecule has 1 fully saturated rings. The molecule has 8 heteroatoms. The number of nitrogens with one attached hydrogen (secondary N) is 1. The molecule has 2 aromatic carbocycles. The van der Waals surface area contributed by atoms with E-state index in [9.17, 15) is 15.0 Å². The van der Waals surface area contributed by atoms with Crippen molar-refractivity contribution in [1.29, 1.82) is 0 Å². The summed E-state index contributed by atoms with van der Waals surface area (Å²) in [5.41, 5.74) is 0.296. The van der Waals surface area contributed by atoms with Gasteiger partial charge in [0.25, 0.3) is 5.91 Å². The normalized spacial score (nSPS) is 21.1. The van der Waals surface area contributed by atoms with Gasteiger partial charge in [-0.25, -0.2) is 0 Å². The molecule has 2 atom stereocenters. The minimum atomic E-state index is -1.28. The number of hydrogen-bond donors (Lipinski definition) is 3. The molecule has 0 aliphatic carbocycles. The smallest absolute Gasteiger partial charge is 0.253 e. The van der Waals surface area contributed by atoms with Gasteiger partial charge in [-0.3, -0.25) is 4.79 Å². The fraction of sp³-hybridized carbons (Fsp3) is 0.435. The van der Waals surface area contributed by atoms with Gasteiger partial charge < -0.3 is 29.9 Å². The number of β-amino-alcohol motifs (C(OH)–C–C–N with tert-alkyl or cyclic N) is 1. The molecule has 2 aromatic rings. The van der Waals surface area contributed by atoms with Crippen LogP contribution >= 0.6 is 11.6 Å². The van der Waals surface area contributed by atoms with E-state index in [1.807, 2.05) is 18.2 Å². The zero-order chi connectivity index (χ0) is 22.4. The number of carbonyl (C=O) groups excluding carboxylic acids is 1. The third-order valence-electron chi connectivity index (χ3n) is 5.68. The van der Waals surface area contributed by atoms with E-state index in [0.29, 0.717) is 35.2 Å². The lowest BCUT2D eigenvalue weighted by Gasteiger charge is -2.42. The molecule has 0 unspecified atom stereocenters. The predicted molar refractivity (Wildman–Crippen MR) is 119 cm³/mol. The molecule has 0 saturated carbocycles. The SMILES string of the molecule is COc1ccc(CCNC[C@@]2(O)CCN(C(=O)c3ccc(Cl)cc3)C[C@@H]2O)cc1OC. The van der Waals surface area contributed by atoms with E-state index in [1.165, 1.54) is 0 Å². The molecule has 0 spiro atoms. The van der Waals surface area contributed by atoms with Crippen LogP contribution < -0.4 is 14.8 Å². The Kier molecular flexibility index (Phi) is 7.78. The molecule has 0 aromatic heterocycles. The average molecular weight is 449 g/mol. The van der Waals surface area contributed by atoms with Crippen LogP contribution in [0.15, 0.2) is 42.5 Å². The van der Waals surface area contributed by atoms with Crippen LogP contribution in [0.5, 0.6) is 11.5 Å². The van der Waals surface area contributed by atoms with Crippen LogP contribution in [-0.2, 0) is 6.42 Å². The van der Waals surface area contributed by atoms with Gasteiger partial charge in [-0.1, -0.05) is 17.7 Å². The third-order valence-corrected chi connectivity index (χ3v) is 5.93. The van der Waals surface area contributed by atoms with Crippen molar-refractivity contribution in [1.82, 2.24) is 10.2 Å². The zero-order valence-electron chi connectivity index (χ0n) is 17.8. The van der Waals surface area contributed by atoms with Crippen molar-refractivity contribution < 1.29 is 24.5 Å². The van der Waals surface area contributed by atoms with Gasteiger partial charge in [0.2, 0.25) is 0 Å². The lowest BCUT2D eigenvalue weighted by atomic mass is 9.88. The van der Waals surface area contributed by atoms with E-state index in [1.54, 1.807) is 43.4 Å². The summed E-state index contributed by atoms with van der Waals surface area (Å²) in [5, 5.41) is 25.2. The number of methoxy groups -OCH3 is 2. The van der Waals surface area contributed by atoms with E-state index >= 15 is 0 Å². The summed E-state index contributed by atoms with van der Waals surface area (Å²) >= 11 is 5.87. The van der Waals surface area contributed by atoms with Gasteiger partial charge >= 0.3 is 0 Å². The predicted octanol–water partition coefficient (Wildman–Crippen LogP) is 2.13. The molecular weight excluding hydrogens is 420 g/mol. The van der Waals surface area contributed by atoms with Gasteiger partial charge in [0.1, 0.15) is 11.7 Å². The Morgan fingerprint density at radius 3 is 2.55 bits per heavy atom. The fourth-order valence-corrected chi connectivity index (χ4v) is 3.83. The first kappa shape index (κ1) is 23.3. The maximum atomic E-state index is 12.6. The van der Waals surface area contributed by atoms with E-state index in [2.05, 4.69) is 5.32 Å². The second-order valence-electron chi connectivity index (χ2n) is 7.74. The number of rotatable bonds is 8. The second-order valence-corrected chi connectivity index (χ2v) is 8.18. The lowest BCUT2D eigenvalue weighted by Crippen LogP contribution is -2.60. The minimum absolute atomic E-state index is 0.0787. The number of amides is 1. The highest BCUT2D eigenvalue weighted by atomic mass is 35.5. The Bertz CT molecular complexity index is 892. The highest BCUT2D eigenvalue weighted by molar-refractivity contribution is 6.30. The number of carbonyl (C=O) groups is 1. The van der Waals surface area contributed by atoms with Crippen molar-refractivity contribution in [2.24, 2.45) is 0 Å². The molecule has 1 aliphatic heterocycles. The number of ether oxygens (including phenoxy) is 2. The molecule has 1 saturated heterocycles. The number of nitrogens with zero attached hydrogens (tertiary/aromatic N) is 1. The minimum Gasteiger partial charge on any atom is -0.493 e. The molecule has 31 heavy (non-hydrogen) atoms. The van der Waals surface area contributed by atoms with Crippen molar-refractivity contribution >= 4 is 17.5 Å². The Morgan fingerprint density at radius 2 is 1.90 bits per heavy atom. The summed E-state index contributed by atoms with van der Waals surface area (Å²) in [7, 11) is 3.19. The number of aliphatic hydroxyl groups excluding tert-OH is 1. The summed E-state index contributed by atoms with van der Waals surface area (Å²) in [6, 6.07) is 12.4. The standard InChI is InChI=1S/C23H29ClN2O5/c1-30-19-8-3-16(13-20(19)31-2)9-11-25-15-23(29)10-12-26(14-21(23)27)22(28)17-4-6-18(24)7-5-17/h3-8,13,21,25,27,29H,9-12,14-15H2,1-2H3/t21-,23-/m0/s1. The maximum absolute atomic E-state index is 12.6. The van der Waals surface area contributed by atoms with Gasteiger partial charge in [0, 0.05) is 30.2 Å². The molecule has 0 radical (unpaired) electrons. The summed E-state index contributed by atoms with van der Waals surface area (Å²) in [5.74, 6) is 1.17. The van der Waals surface area contributed by atoms with Crippen LogP contribution in [0, 0.1) is 0 Å². The number of likely N-dealkylation sites (tertiary alicyclic amines) is 1. The highest BCUT2D eigenvalue weighted by Crippen LogP contribution is 2.28. The summed E-state index contributed by atoms with van der Waals surface area (Å²) in [6.45, 7) is 1.31. The molecule has 168 valence electrons. The molecule has 1 aliphatic rings. The van der Waals surface area contributed by atoms with Crippen molar-refractivity contribution in [3.05, 3.63) is 58.6 Å². The van der Waals surface area contributed by atoms with E-state index < -0.39 is 11.7 Å². The third kappa shape index (κ3) is 5.68. The monoisotopic (exact) mass is 448 g/mol. The van der Waals surface area contributed by atoms with Gasteiger partial charge in [-0.15, -0.1) is 0 Å². The van der Waals surface area contributed by atoms with Crippen LogP contribution in [0.1, 0.15) is 22.3 Å². The second kappa shape index (κ2) is 10.3. The van der Waals surface area contributed by atoms with Crippen molar-refractivity contribution in [2.45, 2.75) is 24.5 Å². The fourth-order valence-electron chi connectivity index (χ4n) is 3.70. The number of aliphatic hydroxyl groups is 2. The number of halogens is 1. The molecule has 7 nitrogen and oxygen atoms in total. The first-order valence-corrected chi connectivity index (χ1v) is 10.6. The lowest BCUT2D eigenvalue weighted by molar-refractivity contribution is -0.110. The van der Waals surface area contributed by atoms with Crippen molar-refractivity contribution in [3.63, 3.8) is 0 Å². The van der Waals surface area contributed by atoms with Crippen LogP contribution in [-0.4, -0.2) is 73.1 Å². The van der Waals surface area contributed by atoms with E-state index in [-0.39, 0.29) is 25.4 Å². The quantitative estimate of drug-likeness (QED) is 0.536. The summed E-state index contributed by atoms with van der Waals surface area (Å²) < 4.78 is 10.6. The molecule has 1 amide bonds. The molecular formula is C23H29ClN2O5. The van der Waals surface area contributed by atoms with Crippen LogP contribution in [0.25, 0.3) is 0 Å².